The van der Waals surface area contributed by atoms with Crippen molar-refractivity contribution in [1.29, 1.82) is 0 Å². The molecule has 1 aromatic heterocycles. The first kappa shape index (κ1) is 12.0. The van der Waals surface area contributed by atoms with E-state index in [1.54, 1.807) is 17.0 Å². The van der Waals surface area contributed by atoms with Crippen LogP contribution in [-0.2, 0) is 0 Å². The molecule has 88 valence electrons. The molecule has 1 saturated heterocycles. The van der Waals surface area contributed by atoms with Crippen LogP contribution in [0.15, 0.2) is 16.5 Å². The molecule has 2 heterocycles. The van der Waals surface area contributed by atoms with Crippen molar-refractivity contribution in [3.05, 3.63) is 23.1 Å². The maximum atomic E-state index is 12.0. The Kier molecular flexibility index (Phi) is 3.60. The van der Waals surface area contributed by atoms with Gasteiger partial charge in [-0.15, -0.1) is 0 Å². The standard InChI is InChI=1S/C11H13BrClNO2/c1-7-4-5-14(6-8(7)12)11(15)9-2-3-10(13)16-9/h2-3,7-8H,4-6H2,1H3. The number of hydrogen-bond acceptors (Lipinski definition) is 2. The molecule has 5 heteroatoms. The quantitative estimate of drug-likeness (QED) is 0.747. The number of hydrogen-bond donors (Lipinski definition) is 0. The number of halogens is 2. The van der Waals surface area contributed by atoms with Crippen LogP contribution in [0.5, 0.6) is 0 Å². The second-order valence-electron chi connectivity index (χ2n) is 4.14. The third kappa shape index (κ3) is 2.43. The van der Waals surface area contributed by atoms with Crippen molar-refractivity contribution in [2.24, 2.45) is 5.92 Å². The third-order valence-electron chi connectivity index (χ3n) is 2.94. The van der Waals surface area contributed by atoms with E-state index in [9.17, 15) is 4.79 Å². The average molecular weight is 307 g/mol. The summed E-state index contributed by atoms with van der Waals surface area (Å²) in [6.45, 7) is 3.68. The summed E-state index contributed by atoms with van der Waals surface area (Å²) >= 11 is 9.24. The van der Waals surface area contributed by atoms with Crippen LogP contribution >= 0.6 is 27.5 Å². The third-order valence-corrected chi connectivity index (χ3v) is 4.33. The maximum absolute atomic E-state index is 12.0. The van der Waals surface area contributed by atoms with Gasteiger partial charge in [0.25, 0.3) is 5.91 Å². The molecule has 16 heavy (non-hydrogen) atoms. The zero-order valence-corrected chi connectivity index (χ0v) is 11.3. The molecule has 0 spiro atoms. The van der Waals surface area contributed by atoms with E-state index < -0.39 is 0 Å². The lowest BCUT2D eigenvalue weighted by Crippen LogP contribution is -2.43. The first-order valence-electron chi connectivity index (χ1n) is 5.26. The molecular weight excluding hydrogens is 293 g/mol. The van der Waals surface area contributed by atoms with Gasteiger partial charge in [-0.3, -0.25) is 4.79 Å². The van der Waals surface area contributed by atoms with Crippen molar-refractivity contribution in [1.82, 2.24) is 4.90 Å². The van der Waals surface area contributed by atoms with Crippen LogP contribution in [0.2, 0.25) is 5.22 Å². The molecule has 2 unspecified atom stereocenters. The van der Waals surface area contributed by atoms with Gasteiger partial charge >= 0.3 is 0 Å². The Bertz CT molecular complexity index is 393. The zero-order valence-electron chi connectivity index (χ0n) is 8.95. The summed E-state index contributed by atoms with van der Waals surface area (Å²) < 4.78 is 5.12. The lowest BCUT2D eigenvalue weighted by molar-refractivity contribution is 0.0674. The van der Waals surface area contributed by atoms with E-state index in [2.05, 4.69) is 22.9 Å². The summed E-state index contributed by atoms with van der Waals surface area (Å²) in [5.41, 5.74) is 0. The van der Waals surface area contributed by atoms with Gasteiger partial charge in [-0.1, -0.05) is 22.9 Å². The van der Waals surface area contributed by atoms with Crippen LogP contribution in [0.1, 0.15) is 23.9 Å². The summed E-state index contributed by atoms with van der Waals surface area (Å²) in [6, 6.07) is 3.21. The fourth-order valence-corrected chi connectivity index (χ4v) is 2.55. The smallest absolute Gasteiger partial charge is 0.289 e. The minimum Gasteiger partial charge on any atom is -0.440 e. The van der Waals surface area contributed by atoms with Gasteiger partial charge in [-0.2, -0.15) is 0 Å². The lowest BCUT2D eigenvalue weighted by atomic mass is 9.99. The highest BCUT2D eigenvalue weighted by atomic mass is 79.9. The molecule has 1 aliphatic heterocycles. The number of furan rings is 1. The monoisotopic (exact) mass is 305 g/mol. The summed E-state index contributed by atoms with van der Waals surface area (Å²) in [4.78, 5) is 14.2. The molecule has 0 bridgehead atoms. The van der Waals surface area contributed by atoms with E-state index in [4.69, 9.17) is 16.0 Å². The van der Waals surface area contributed by atoms with E-state index in [0.29, 0.717) is 16.5 Å². The fourth-order valence-electron chi connectivity index (χ4n) is 1.79. The van der Waals surface area contributed by atoms with Crippen LogP contribution in [0.25, 0.3) is 0 Å². The van der Waals surface area contributed by atoms with Crippen LogP contribution in [0.3, 0.4) is 0 Å². The largest absolute Gasteiger partial charge is 0.440 e. The minimum atomic E-state index is -0.0803. The van der Waals surface area contributed by atoms with Crippen molar-refractivity contribution >= 4 is 33.4 Å². The molecule has 0 N–H and O–H groups in total. The van der Waals surface area contributed by atoms with Gasteiger partial charge in [0.1, 0.15) is 0 Å². The van der Waals surface area contributed by atoms with Gasteiger partial charge in [0.05, 0.1) is 0 Å². The number of carbonyl (C=O) groups excluding carboxylic acids is 1. The first-order valence-corrected chi connectivity index (χ1v) is 6.56. The Balaban J connectivity index is 2.06. The summed E-state index contributed by atoms with van der Waals surface area (Å²) in [6.07, 6.45) is 1.01. The molecule has 2 atom stereocenters. The Morgan fingerprint density at radius 2 is 2.38 bits per heavy atom. The maximum Gasteiger partial charge on any atom is 0.289 e. The number of piperidine rings is 1. The second-order valence-corrected chi connectivity index (χ2v) is 5.69. The average Bonchev–Trinajstić information content (AvgIpc) is 2.68. The van der Waals surface area contributed by atoms with E-state index in [-0.39, 0.29) is 11.1 Å². The molecule has 3 nitrogen and oxygen atoms in total. The molecule has 0 aliphatic carbocycles. The summed E-state index contributed by atoms with van der Waals surface area (Å²) in [7, 11) is 0. The van der Waals surface area contributed by atoms with Crippen molar-refractivity contribution in [2.75, 3.05) is 13.1 Å². The Morgan fingerprint density at radius 1 is 1.62 bits per heavy atom. The molecule has 0 aromatic carbocycles. The molecule has 0 saturated carbocycles. The van der Waals surface area contributed by atoms with Gasteiger partial charge in [-0.25, -0.2) is 0 Å². The molecule has 2 rings (SSSR count). The fraction of sp³-hybridized carbons (Fsp3) is 0.545. The van der Waals surface area contributed by atoms with Crippen LogP contribution in [-0.4, -0.2) is 28.7 Å². The topological polar surface area (TPSA) is 33.5 Å². The van der Waals surface area contributed by atoms with Crippen molar-refractivity contribution in [3.8, 4) is 0 Å². The number of likely N-dealkylation sites (tertiary alicyclic amines) is 1. The summed E-state index contributed by atoms with van der Waals surface area (Å²) in [5.74, 6) is 0.840. The van der Waals surface area contributed by atoms with Crippen molar-refractivity contribution < 1.29 is 9.21 Å². The minimum absolute atomic E-state index is 0.0803. The zero-order chi connectivity index (χ0) is 11.7. The van der Waals surface area contributed by atoms with Crippen LogP contribution in [0.4, 0.5) is 0 Å². The number of alkyl halides is 1. The molecule has 1 fully saturated rings. The molecule has 1 aliphatic rings. The first-order chi connectivity index (χ1) is 7.58. The highest BCUT2D eigenvalue weighted by molar-refractivity contribution is 9.09. The van der Waals surface area contributed by atoms with Gasteiger partial charge in [0.15, 0.2) is 11.0 Å². The van der Waals surface area contributed by atoms with Gasteiger partial charge in [0, 0.05) is 17.9 Å². The second kappa shape index (κ2) is 4.80. The van der Waals surface area contributed by atoms with Gasteiger partial charge < -0.3 is 9.32 Å². The number of nitrogens with zero attached hydrogens (tertiary/aromatic N) is 1. The van der Waals surface area contributed by atoms with Gasteiger partial charge in [0.2, 0.25) is 0 Å². The Labute approximate surface area is 108 Å². The van der Waals surface area contributed by atoms with Crippen molar-refractivity contribution in [2.45, 2.75) is 18.2 Å². The lowest BCUT2D eigenvalue weighted by Gasteiger charge is -2.33. The highest BCUT2D eigenvalue weighted by Gasteiger charge is 2.28. The number of rotatable bonds is 1. The van der Waals surface area contributed by atoms with Gasteiger partial charge in [-0.05, 0) is 36.1 Å². The SMILES string of the molecule is CC1CCN(C(=O)c2ccc(Cl)o2)CC1Br. The highest BCUT2D eigenvalue weighted by Crippen LogP contribution is 2.25. The molecular formula is C11H13BrClNO2. The normalized spacial score (nSPS) is 25.8. The predicted octanol–water partition coefficient (Wildman–Crippen LogP) is 3.18. The number of amides is 1. The van der Waals surface area contributed by atoms with E-state index in [1.807, 2.05) is 0 Å². The van der Waals surface area contributed by atoms with Crippen molar-refractivity contribution in [3.63, 3.8) is 0 Å². The Morgan fingerprint density at radius 3 is 2.94 bits per heavy atom. The Hall–Kier alpha value is -0.480. The van der Waals surface area contributed by atoms with E-state index in [1.165, 1.54) is 0 Å². The molecule has 0 radical (unpaired) electrons. The van der Waals surface area contributed by atoms with E-state index >= 15 is 0 Å². The number of carbonyl (C=O) groups is 1. The molecule has 1 amide bonds. The van der Waals surface area contributed by atoms with Crippen LogP contribution < -0.4 is 0 Å². The predicted molar refractivity (Wildman–Crippen MR) is 66.1 cm³/mol. The van der Waals surface area contributed by atoms with Crippen LogP contribution in [0, 0.1) is 5.92 Å². The van der Waals surface area contributed by atoms with E-state index in [0.717, 1.165) is 19.5 Å². The molecule has 1 aromatic rings. The summed E-state index contributed by atoms with van der Waals surface area (Å²) in [5, 5.41) is 0.254.